The first-order chi connectivity index (χ1) is 8.04. The van der Waals surface area contributed by atoms with Gasteiger partial charge in [-0.3, -0.25) is 9.79 Å². The number of aliphatic carboxylic acids is 1. The number of hydrogen-bond donors (Lipinski definition) is 1. The van der Waals surface area contributed by atoms with Crippen molar-refractivity contribution in [1.82, 2.24) is 0 Å². The predicted octanol–water partition coefficient (Wildman–Crippen LogP) is 2.35. The minimum Gasteiger partial charge on any atom is -0.494 e. The zero-order valence-electron chi connectivity index (χ0n) is 9.58. The Labute approximate surface area is 97.8 Å². The molecule has 2 rings (SSSR count). The molecule has 0 bridgehead atoms. The molecule has 0 amide bonds. The highest BCUT2D eigenvalue weighted by atomic mass is 19.1. The zero-order valence-corrected chi connectivity index (χ0v) is 9.58. The van der Waals surface area contributed by atoms with Crippen molar-refractivity contribution in [2.24, 2.45) is 4.99 Å². The predicted molar refractivity (Wildman–Crippen MR) is 60.2 cm³/mol. The first-order valence-corrected chi connectivity index (χ1v) is 5.18. The number of fused-ring (bicyclic) bond motifs is 1. The average Bonchev–Trinajstić information content (AvgIpc) is 2.56. The summed E-state index contributed by atoms with van der Waals surface area (Å²) >= 11 is 0. The second-order valence-corrected chi connectivity index (χ2v) is 3.86. The fourth-order valence-corrected chi connectivity index (χ4v) is 2.03. The monoisotopic (exact) mass is 237 g/mol. The summed E-state index contributed by atoms with van der Waals surface area (Å²) in [7, 11) is 1.39. The van der Waals surface area contributed by atoms with E-state index in [1.54, 1.807) is 13.0 Å². The summed E-state index contributed by atoms with van der Waals surface area (Å²) in [6.45, 7) is 1.69. The van der Waals surface area contributed by atoms with Gasteiger partial charge in [-0.05, 0) is 18.6 Å². The maximum atomic E-state index is 14.1. The summed E-state index contributed by atoms with van der Waals surface area (Å²) in [5.74, 6) is -1.37. The highest BCUT2D eigenvalue weighted by molar-refractivity contribution is 6.10. The number of halogens is 1. The van der Waals surface area contributed by atoms with Crippen LogP contribution in [0, 0.1) is 0 Å². The van der Waals surface area contributed by atoms with Crippen LogP contribution in [0.3, 0.4) is 0 Å². The van der Waals surface area contributed by atoms with E-state index in [4.69, 9.17) is 9.84 Å². The van der Waals surface area contributed by atoms with Crippen LogP contribution in [0.25, 0.3) is 0 Å². The molecule has 0 aromatic carbocycles. The molecule has 0 fully saturated rings. The molecule has 5 heteroatoms. The van der Waals surface area contributed by atoms with E-state index in [0.29, 0.717) is 29.0 Å². The number of carboxylic acid groups (broad SMARTS) is 1. The van der Waals surface area contributed by atoms with Gasteiger partial charge in [0.05, 0.1) is 19.2 Å². The van der Waals surface area contributed by atoms with Gasteiger partial charge >= 0.3 is 5.97 Å². The van der Waals surface area contributed by atoms with Crippen LogP contribution >= 0.6 is 0 Å². The number of hydrogen-bond acceptors (Lipinski definition) is 3. The van der Waals surface area contributed by atoms with Gasteiger partial charge in [-0.1, -0.05) is 0 Å². The van der Waals surface area contributed by atoms with E-state index in [9.17, 15) is 9.18 Å². The van der Waals surface area contributed by atoms with Crippen LogP contribution in [0.5, 0.6) is 0 Å². The molecule has 1 aliphatic carbocycles. The molecule has 0 saturated heterocycles. The van der Waals surface area contributed by atoms with Gasteiger partial charge in [-0.15, -0.1) is 0 Å². The zero-order chi connectivity index (χ0) is 12.6. The third-order valence-corrected chi connectivity index (χ3v) is 2.79. The van der Waals surface area contributed by atoms with Crippen molar-refractivity contribution in [1.29, 1.82) is 0 Å². The van der Waals surface area contributed by atoms with Crippen LogP contribution in [0.2, 0.25) is 0 Å². The molecule has 0 unspecified atom stereocenters. The van der Waals surface area contributed by atoms with Gasteiger partial charge in [0, 0.05) is 17.7 Å². The van der Waals surface area contributed by atoms with Crippen LogP contribution < -0.4 is 0 Å². The van der Waals surface area contributed by atoms with E-state index in [1.807, 2.05) is 0 Å². The lowest BCUT2D eigenvalue weighted by Crippen LogP contribution is -2.11. The van der Waals surface area contributed by atoms with Gasteiger partial charge in [0.15, 0.2) is 11.6 Å². The summed E-state index contributed by atoms with van der Waals surface area (Å²) in [6, 6.07) is 0. The second-order valence-electron chi connectivity index (χ2n) is 3.86. The molecule has 0 aromatic rings. The molecule has 0 spiro atoms. The number of aliphatic imine (C=N–C) groups is 1. The Hall–Kier alpha value is -1.91. The molecule has 4 nitrogen and oxygen atoms in total. The van der Waals surface area contributed by atoms with Crippen molar-refractivity contribution in [3.8, 4) is 0 Å². The number of allylic oxidation sites excluding steroid dienone is 4. The third kappa shape index (κ3) is 1.88. The summed E-state index contributed by atoms with van der Waals surface area (Å²) in [4.78, 5) is 15.0. The summed E-state index contributed by atoms with van der Waals surface area (Å²) in [5.41, 5.74) is 1.88. The number of carbonyl (C=O) groups is 1. The molecule has 90 valence electrons. The molecule has 0 aromatic heterocycles. The molecule has 1 heterocycles. The fraction of sp³-hybridized carbons (Fsp3) is 0.333. The lowest BCUT2D eigenvalue weighted by molar-refractivity contribution is -0.136. The Morgan fingerprint density at radius 2 is 2.35 bits per heavy atom. The van der Waals surface area contributed by atoms with Crippen molar-refractivity contribution in [3.05, 3.63) is 34.5 Å². The van der Waals surface area contributed by atoms with Crippen LogP contribution in [-0.4, -0.2) is 23.9 Å². The Morgan fingerprint density at radius 1 is 1.65 bits per heavy atom. The normalized spacial score (nSPS) is 19.0. The van der Waals surface area contributed by atoms with Crippen molar-refractivity contribution in [2.75, 3.05) is 7.11 Å². The van der Waals surface area contributed by atoms with Crippen molar-refractivity contribution in [2.45, 2.75) is 19.8 Å². The first-order valence-electron chi connectivity index (χ1n) is 5.18. The van der Waals surface area contributed by atoms with Gasteiger partial charge < -0.3 is 9.84 Å². The number of nitrogens with zero attached hydrogens (tertiary/aromatic N) is 1. The van der Waals surface area contributed by atoms with E-state index < -0.39 is 11.8 Å². The van der Waals surface area contributed by atoms with Crippen LogP contribution in [0.4, 0.5) is 4.39 Å². The average molecular weight is 237 g/mol. The molecule has 0 radical (unpaired) electrons. The van der Waals surface area contributed by atoms with E-state index >= 15 is 0 Å². The SMILES string of the molecule is COC1=CCC2=NC(C)=C(CC(=O)O)C2=C1F. The molecule has 0 atom stereocenters. The quantitative estimate of drug-likeness (QED) is 0.819. The summed E-state index contributed by atoms with van der Waals surface area (Å²) in [5, 5.41) is 8.82. The number of methoxy groups -OCH3 is 1. The lowest BCUT2D eigenvalue weighted by Gasteiger charge is -2.15. The van der Waals surface area contributed by atoms with E-state index in [0.717, 1.165) is 0 Å². The Kier molecular flexibility index (Phi) is 2.83. The second kappa shape index (κ2) is 4.16. The van der Waals surface area contributed by atoms with Crippen LogP contribution in [0.15, 0.2) is 39.5 Å². The van der Waals surface area contributed by atoms with E-state index in [1.165, 1.54) is 7.11 Å². The number of ether oxygens (including phenoxy) is 1. The Morgan fingerprint density at radius 3 is 2.94 bits per heavy atom. The van der Waals surface area contributed by atoms with Crippen LogP contribution in [-0.2, 0) is 9.53 Å². The Bertz CT molecular complexity index is 512. The van der Waals surface area contributed by atoms with E-state index in [-0.39, 0.29) is 12.2 Å². The molecule has 2 aliphatic rings. The first kappa shape index (κ1) is 11.6. The highest BCUT2D eigenvalue weighted by Gasteiger charge is 2.31. The lowest BCUT2D eigenvalue weighted by atomic mass is 9.93. The molecule has 0 saturated carbocycles. The molecule has 17 heavy (non-hydrogen) atoms. The minimum absolute atomic E-state index is 0.150. The minimum atomic E-state index is -0.996. The maximum Gasteiger partial charge on any atom is 0.307 e. The Balaban J connectivity index is 2.46. The number of rotatable bonds is 3. The van der Waals surface area contributed by atoms with Gasteiger partial charge in [0.1, 0.15) is 0 Å². The topological polar surface area (TPSA) is 58.9 Å². The van der Waals surface area contributed by atoms with Gasteiger partial charge in [-0.25, -0.2) is 4.39 Å². The number of carboxylic acids is 1. The smallest absolute Gasteiger partial charge is 0.307 e. The summed E-state index contributed by atoms with van der Waals surface area (Å²) < 4.78 is 19.0. The van der Waals surface area contributed by atoms with Crippen molar-refractivity contribution >= 4 is 11.7 Å². The highest BCUT2D eigenvalue weighted by Crippen LogP contribution is 2.37. The van der Waals surface area contributed by atoms with Gasteiger partial charge in [-0.2, -0.15) is 0 Å². The van der Waals surface area contributed by atoms with Gasteiger partial charge in [0.25, 0.3) is 0 Å². The van der Waals surface area contributed by atoms with E-state index in [2.05, 4.69) is 4.99 Å². The molecule has 1 N–H and O–H groups in total. The maximum absolute atomic E-state index is 14.1. The standard InChI is InChI=1S/C12H12FNO3/c1-6-7(5-10(15)16)11-8(14-6)3-4-9(17-2)12(11)13/h4H,3,5H2,1-2H3,(H,15,16). The van der Waals surface area contributed by atoms with Crippen LogP contribution in [0.1, 0.15) is 19.8 Å². The summed E-state index contributed by atoms with van der Waals surface area (Å²) in [6.07, 6.45) is 1.85. The molecular weight excluding hydrogens is 225 g/mol. The largest absolute Gasteiger partial charge is 0.494 e. The molecule has 1 aliphatic heterocycles. The fourth-order valence-electron chi connectivity index (χ4n) is 2.03. The van der Waals surface area contributed by atoms with Crippen molar-refractivity contribution < 1.29 is 19.0 Å². The van der Waals surface area contributed by atoms with Crippen molar-refractivity contribution in [3.63, 3.8) is 0 Å². The molecular formula is C12H12FNO3. The van der Waals surface area contributed by atoms with Gasteiger partial charge in [0.2, 0.25) is 0 Å². The third-order valence-electron chi connectivity index (χ3n) is 2.79.